The van der Waals surface area contributed by atoms with Gasteiger partial charge in [-0.2, -0.15) is 0 Å². The molecule has 0 aliphatic carbocycles. The van der Waals surface area contributed by atoms with Crippen molar-refractivity contribution in [3.63, 3.8) is 0 Å². The monoisotopic (exact) mass is 467 g/mol. The maximum Gasteiger partial charge on any atom is 0.573 e. The molecule has 1 aliphatic rings. The summed E-state index contributed by atoms with van der Waals surface area (Å²) < 4.78 is 52.6. The Bertz CT molecular complexity index is 907. The number of alkyl halides is 3. The van der Waals surface area contributed by atoms with Gasteiger partial charge in [0.2, 0.25) is 0 Å². The molecule has 0 radical (unpaired) electrons. The number of rotatable bonds is 8. The highest BCUT2D eigenvalue weighted by molar-refractivity contribution is 5.91. The zero-order valence-electron chi connectivity index (χ0n) is 19.6. The Kier molecular flexibility index (Phi) is 7.46. The molecule has 8 heteroatoms. The van der Waals surface area contributed by atoms with E-state index in [1.54, 1.807) is 29.2 Å². The van der Waals surface area contributed by atoms with Crippen molar-refractivity contribution < 1.29 is 31.9 Å². The number of nitrogens with zero attached hydrogens (tertiary/aromatic N) is 1. The van der Waals surface area contributed by atoms with Gasteiger partial charge in [0.15, 0.2) is 5.76 Å². The molecule has 0 N–H and O–H groups in total. The molecule has 1 aromatic carbocycles. The molecule has 0 bridgehead atoms. The quantitative estimate of drug-likeness (QED) is 0.448. The zero-order valence-corrected chi connectivity index (χ0v) is 19.6. The van der Waals surface area contributed by atoms with Crippen LogP contribution in [0.5, 0.6) is 5.75 Å². The Hall–Kier alpha value is -2.48. The highest BCUT2D eigenvalue weighted by Crippen LogP contribution is 2.47. The van der Waals surface area contributed by atoms with E-state index in [1.165, 1.54) is 18.4 Å². The SMILES string of the molecule is CC(C)C1(CCN(Cc2ccc(OC(F)(F)F)cc2)C(=O)c2ccco2)CCOC(C)(C)C1. The van der Waals surface area contributed by atoms with E-state index in [2.05, 4.69) is 32.4 Å². The van der Waals surface area contributed by atoms with Crippen molar-refractivity contribution in [1.82, 2.24) is 4.90 Å². The molecule has 1 aliphatic heterocycles. The molecule has 182 valence electrons. The van der Waals surface area contributed by atoms with Crippen molar-refractivity contribution in [2.24, 2.45) is 11.3 Å². The number of carbonyl (C=O) groups is 1. The van der Waals surface area contributed by atoms with Crippen molar-refractivity contribution in [3.8, 4) is 5.75 Å². The molecule has 0 spiro atoms. The maximum absolute atomic E-state index is 13.2. The second kappa shape index (κ2) is 9.79. The lowest BCUT2D eigenvalue weighted by molar-refractivity contribution is -0.274. The molecule has 1 unspecified atom stereocenters. The standard InChI is InChI=1S/C25H32F3NO4/c1-18(2)24(12-15-32-23(3,4)17-24)11-13-29(22(30)21-6-5-14-31-21)16-19-7-9-20(10-8-19)33-25(26,27)28/h5-10,14,18H,11-13,15-17H2,1-4H3. The van der Waals surface area contributed by atoms with E-state index in [0.29, 0.717) is 24.6 Å². The van der Waals surface area contributed by atoms with Gasteiger partial charge in [0.05, 0.1) is 11.9 Å². The lowest BCUT2D eigenvalue weighted by Crippen LogP contribution is -2.46. The number of halogens is 3. The Morgan fingerprint density at radius 2 is 1.88 bits per heavy atom. The Balaban J connectivity index is 1.78. The van der Waals surface area contributed by atoms with Crippen molar-refractivity contribution >= 4 is 5.91 Å². The van der Waals surface area contributed by atoms with Gasteiger partial charge in [-0.1, -0.05) is 26.0 Å². The molecular weight excluding hydrogens is 435 g/mol. The minimum atomic E-state index is -4.74. The van der Waals surface area contributed by atoms with Crippen LogP contribution in [0.4, 0.5) is 13.2 Å². The number of furan rings is 1. The number of ether oxygens (including phenoxy) is 2. The van der Waals surface area contributed by atoms with Gasteiger partial charge < -0.3 is 18.8 Å². The zero-order chi connectivity index (χ0) is 24.3. The van der Waals surface area contributed by atoms with E-state index in [1.807, 2.05) is 0 Å². The highest BCUT2D eigenvalue weighted by Gasteiger charge is 2.43. The molecule has 2 aromatic rings. The van der Waals surface area contributed by atoms with Gasteiger partial charge in [0.1, 0.15) is 5.75 Å². The number of hydrogen-bond acceptors (Lipinski definition) is 4. The lowest BCUT2D eigenvalue weighted by atomic mass is 9.65. The van der Waals surface area contributed by atoms with Crippen LogP contribution in [0.3, 0.4) is 0 Å². The van der Waals surface area contributed by atoms with Crippen molar-refractivity contribution in [2.45, 2.75) is 65.5 Å². The summed E-state index contributed by atoms with van der Waals surface area (Å²) in [4.78, 5) is 14.9. The molecule has 1 atom stereocenters. The van der Waals surface area contributed by atoms with E-state index in [-0.39, 0.29) is 35.0 Å². The fourth-order valence-corrected chi connectivity index (χ4v) is 4.70. The highest BCUT2D eigenvalue weighted by atomic mass is 19.4. The molecule has 2 heterocycles. The number of carbonyl (C=O) groups excluding carboxylic acids is 1. The number of benzene rings is 1. The van der Waals surface area contributed by atoms with Crippen LogP contribution < -0.4 is 4.74 Å². The largest absolute Gasteiger partial charge is 0.573 e. The van der Waals surface area contributed by atoms with Crippen molar-refractivity contribution in [1.29, 1.82) is 0 Å². The van der Waals surface area contributed by atoms with E-state index in [4.69, 9.17) is 9.15 Å². The smallest absolute Gasteiger partial charge is 0.459 e. The van der Waals surface area contributed by atoms with Crippen LogP contribution >= 0.6 is 0 Å². The van der Waals surface area contributed by atoms with Gasteiger partial charge in [-0.05, 0) is 74.3 Å². The van der Waals surface area contributed by atoms with Crippen molar-refractivity contribution in [2.75, 3.05) is 13.2 Å². The van der Waals surface area contributed by atoms with Gasteiger partial charge in [0, 0.05) is 19.7 Å². The summed E-state index contributed by atoms with van der Waals surface area (Å²) in [6.45, 7) is 10.0. The summed E-state index contributed by atoms with van der Waals surface area (Å²) in [5, 5.41) is 0. The van der Waals surface area contributed by atoms with Gasteiger partial charge >= 0.3 is 6.36 Å². The first-order chi connectivity index (χ1) is 15.4. The van der Waals surface area contributed by atoms with E-state index in [0.717, 1.165) is 19.3 Å². The minimum absolute atomic E-state index is 0.0217. The number of hydrogen-bond donors (Lipinski definition) is 0. The molecular formula is C25H32F3NO4. The second-order valence-corrected chi connectivity index (χ2v) is 9.70. The van der Waals surface area contributed by atoms with Gasteiger partial charge in [0.25, 0.3) is 5.91 Å². The molecule has 1 aromatic heterocycles. The van der Waals surface area contributed by atoms with Crippen LogP contribution in [0.2, 0.25) is 0 Å². The summed E-state index contributed by atoms with van der Waals surface area (Å²) in [7, 11) is 0. The van der Waals surface area contributed by atoms with Gasteiger partial charge in [-0.3, -0.25) is 4.79 Å². The number of amides is 1. The average molecular weight is 468 g/mol. The third-order valence-corrected chi connectivity index (χ3v) is 6.52. The third-order valence-electron chi connectivity index (χ3n) is 6.52. The van der Waals surface area contributed by atoms with E-state index >= 15 is 0 Å². The molecule has 33 heavy (non-hydrogen) atoms. The first kappa shape index (κ1) is 25.1. The van der Waals surface area contributed by atoms with Crippen LogP contribution in [0.25, 0.3) is 0 Å². The van der Waals surface area contributed by atoms with Crippen LogP contribution in [0.1, 0.15) is 63.1 Å². The predicted octanol–water partition coefficient (Wildman–Crippen LogP) is 6.44. The molecule has 0 saturated carbocycles. The molecule has 5 nitrogen and oxygen atoms in total. The third kappa shape index (κ3) is 6.76. The molecule has 1 fully saturated rings. The molecule has 1 saturated heterocycles. The minimum Gasteiger partial charge on any atom is -0.459 e. The normalized spacial score (nSPS) is 20.6. The Labute approximate surface area is 192 Å². The van der Waals surface area contributed by atoms with Crippen LogP contribution in [-0.4, -0.2) is 35.9 Å². The maximum atomic E-state index is 13.2. The first-order valence-corrected chi connectivity index (χ1v) is 11.2. The lowest BCUT2D eigenvalue weighted by Gasteiger charge is -2.48. The average Bonchev–Trinajstić information content (AvgIpc) is 3.25. The fourth-order valence-electron chi connectivity index (χ4n) is 4.70. The summed E-state index contributed by atoms with van der Waals surface area (Å²) in [6.07, 6.45) is -0.694. The molecule has 3 rings (SSSR count). The van der Waals surface area contributed by atoms with Crippen LogP contribution in [0.15, 0.2) is 47.1 Å². The molecule has 1 amide bonds. The van der Waals surface area contributed by atoms with E-state index < -0.39 is 6.36 Å². The summed E-state index contributed by atoms with van der Waals surface area (Å²) in [5.41, 5.74) is 0.496. The topological polar surface area (TPSA) is 51.9 Å². The van der Waals surface area contributed by atoms with E-state index in [9.17, 15) is 18.0 Å². The summed E-state index contributed by atoms with van der Waals surface area (Å²) >= 11 is 0. The fraction of sp³-hybridized carbons (Fsp3) is 0.560. The van der Waals surface area contributed by atoms with Crippen molar-refractivity contribution in [3.05, 3.63) is 54.0 Å². The summed E-state index contributed by atoms with van der Waals surface area (Å²) in [5.74, 6) is 0.0946. The van der Waals surface area contributed by atoms with Crippen LogP contribution in [-0.2, 0) is 11.3 Å². The van der Waals surface area contributed by atoms with Crippen LogP contribution in [0, 0.1) is 11.3 Å². The Morgan fingerprint density at radius 3 is 2.42 bits per heavy atom. The first-order valence-electron chi connectivity index (χ1n) is 11.2. The predicted molar refractivity (Wildman–Crippen MR) is 118 cm³/mol. The summed E-state index contributed by atoms with van der Waals surface area (Å²) in [6, 6.07) is 8.87. The van der Waals surface area contributed by atoms with Gasteiger partial charge in [-0.25, -0.2) is 0 Å². The second-order valence-electron chi connectivity index (χ2n) is 9.70. The Morgan fingerprint density at radius 1 is 1.18 bits per heavy atom. The van der Waals surface area contributed by atoms with Gasteiger partial charge in [-0.15, -0.1) is 13.2 Å².